The standard InChI is InChI=1S/C15H13FN2O2/c16-13-5-2-6-14(15(13)18(19)20)17-12-8-7-10-3-1-4-11(10)9-12/h2,5-9,17H,1,3-4H2. The summed E-state index contributed by atoms with van der Waals surface area (Å²) in [7, 11) is 0. The van der Waals surface area contributed by atoms with Crippen LogP contribution in [-0.4, -0.2) is 4.92 Å². The maximum absolute atomic E-state index is 13.5. The first-order valence-electron chi connectivity index (χ1n) is 6.47. The first-order chi connectivity index (χ1) is 9.65. The third-order valence-electron chi connectivity index (χ3n) is 3.55. The maximum Gasteiger partial charge on any atom is 0.327 e. The number of fused-ring (bicyclic) bond motifs is 1. The van der Waals surface area contributed by atoms with Crippen molar-refractivity contribution in [1.29, 1.82) is 0 Å². The van der Waals surface area contributed by atoms with Crippen molar-refractivity contribution in [2.75, 3.05) is 5.32 Å². The second-order valence-corrected chi connectivity index (χ2v) is 4.86. The highest BCUT2D eigenvalue weighted by Gasteiger charge is 2.20. The van der Waals surface area contributed by atoms with Gasteiger partial charge in [0.1, 0.15) is 5.69 Å². The van der Waals surface area contributed by atoms with Gasteiger partial charge in [0.2, 0.25) is 5.82 Å². The fraction of sp³-hybridized carbons (Fsp3) is 0.200. The number of hydrogen-bond acceptors (Lipinski definition) is 3. The summed E-state index contributed by atoms with van der Waals surface area (Å²) in [5, 5.41) is 13.9. The van der Waals surface area contributed by atoms with Crippen LogP contribution in [0.4, 0.5) is 21.5 Å². The van der Waals surface area contributed by atoms with Crippen molar-refractivity contribution < 1.29 is 9.31 Å². The number of hydrogen-bond donors (Lipinski definition) is 1. The highest BCUT2D eigenvalue weighted by atomic mass is 19.1. The Morgan fingerprint density at radius 1 is 1.15 bits per heavy atom. The molecule has 4 nitrogen and oxygen atoms in total. The van der Waals surface area contributed by atoms with E-state index in [1.165, 1.54) is 23.3 Å². The van der Waals surface area contributed by atoms with Gasteiger partial charge in [-0.1, -0.05) is 12.1 Å². The molecule has 0 amide bonds. The van der Waals surface area contributed by atoms with Crippen molar-refractivity contribution in [3.63, 3.8) is 0 Å². The van der Waals surface area contributed by atoms with Crippen molar-refractivity contribution in [3.05, 3.63) is 63.5 Å². The highest BCUT2D eigenvalue weighted by molar-refractivity contribution is 5.70. The van der Waals surface area contributed by atoms with Gasteiger partial charge < -0.3 is 5.32 Å². The summed E-state index contributed by atoms with van der Waals surface area (Å²) in [6, 6.07) is 9.93. The lowest BCUT2D eigenvalue weighted by atomic mass is 10.1. The van der Waals surface area contributed by atoms with Crippen LogP contribution in [0.1, 0.15) is 17.5 Å². The van der Waals surface area contributed by atoms with Crippen molar-refractivity contribution in [1.82, 2.24) is 0 Å². The number of nitro groups is 1. The second-order valence-electron chi connectivity index (χ2n) is 4.86. The molecule has 0 bridgehead atoms. The van der Waals surface area contributed by atoms with Crippen molar-refractivity contribution in [2.24, 2.45) is 0 Å². The maximum atomic E-state index is 13.5. The van der Waals surface area contributed by atoms with E-state index >= 15 is 0 Å². The predicted molar refractivity (Wildman–Crippen MR) is 74.8 cm³/mol. The predicted octanol–water partition coefficient (Wildman–Crippen LogP) is 3.97. The SMILES string of the molecule is O=[N+]([O-])c1c(F)cccc1Nc1ccc2c(c1)CCC2. The summed E-state index contributed by atoms with van der Waals surface area (Å²) in [4.78, 5) is 10.2. The molecular weight excluding hydrogens is 259 g/mol. The minimum atomic E-state index is -0.832. The Labute approximate surface area is 115 Å². The van der Waals surface area contributed by atoms with Gasteiger partial charge in [0.15, 0.2) is 0 Å². The van der Waals surface area contributed by atoms with Gasteiger partial charge >= 0.3 is 5.69 Å². The topological polar surface area (TPSA) is 55.2 Å². The summed E-state index contributed by atoms with van der Waals surface area (Å²) in [5.41, 5.74) is 2.98. The molecule has 102 valence electrons. The van der Waals surface area contributed by atoms with Crippen molar-refractivity contribution in [3.8, 4) is 0 Å². The van der Waals surface area contributed by atoms with Gasteiger partial charge in [0.05, 0.1) is 4.92 Å². The number of benzene rings is 2. The number of halogens is 1. The van der Waals surface area contributed by atoms with Gasteiger partial charge in [0, 0.05) is 5.69 Å². The summed E-state index contributed by atoms with van der Waals surface area (Å²) in [5.74, 6) is -0.832. The molecule has 0 aromatic heterocycles. The highest BCUT2D eigenvalue weighted by Crippen LogP contribution is 2.32. The van der Waals surface area contributed by atoms with Gasteiger partial charge in [-0.25, -0.2) is 0 Å². The lowest BCUT2D eigenvalue weighted by molar-refractivity contribution is -0.386. The van der Waals surface area contributed by atoms with Crippen LogP contribution in [0, 0.1) is 15.9 Å². The molecule has 20 heavy (non-hydrogen) atoms. The first-order valence-corrected chi connectivity index (χ1v) is 6.47. The van der Waals surface area contributed by atoms with E-state index in [2.05, 4.69) is 5.32 Å². The van der Waals surface area contributed by atoms with E-state index in [1.807, 2.05) is 18.2 Å². The quantitative estimate of drug-likeness (QED) is 0.679. The molecule has 0 fully saturated rings. The average Bonchev–Trinajstić information content (AvgIpc) is 2.85. The van der Waals surface area contributed by atoms with E-state index in [0.717, 1.165) is 31.0 Å². The lowest BCUT2D eigenvalue weighted by Crippen LogP contribution is -2.00. The monoisotopic (exact) mass is 272 g/mol. The Balaban J connectivity index is 1.95. The summed E-state index contributed by atoms with van der Waals surface area (Å²) in [6.07, 6.45) is 3.24. The van der Waals surface area contributed by atoms with E-state index in [0.29, 0.717) is 0 Å². The summed E-state index contributed by atoms with van der Waals surface area (Å²) in [6.45, 7) is 0. The van der Waals surface area contributed by atoms with E-state index in [9.17, 15) is 14.5 Å². The molecule has 0 unspecified atom stereocenters. The third-order valence-corrected chi connectivity index (χ3v) is 3.55. The fourth-order valence-corrected chi connectivity index (χ4v) is 2.61. The molecule has 1 aliphatic rings. The molecule has 1 N–H and O–H groups in total. The molecule has 0 spiro atoms. The molecule has 3 rings (SSSR count). The number of para-hydroxylation sites is 1. The van der Waals surface area contributed by atoms with Crippen LogP contribution in [0.3, 0.4) is 0 Å². The molecule has 5 heteroatoms. The molecule has 0 heterocycles. The number of aryl methyl sites for hydroxylation is 2. The van der Waals surface area contributed by atoms with Crippen LogP contribution >= 0.6 is 0 Å². The average molecular weight is 272 g/mol. The van der Waals surface area contributed by atoms with Gasteiger partial charge in [-0.15, -0.1) is 0 Å². The number of rotatable bonds is 3. The molecule has 0 saturated carbocycles. The van der Waals surface area contributed by atoms with Gasteiger partial charge in [0.25, 0.3) is 0 Å². The zero-order valence-electron chi connectivity index (χ0n) is 10.7. The Morgan fingerprint density at radius 3 is 2.75 bits per heavy atom. The molecule has 2 aromatic carbocycles. The van der Waals surface area contributed by atoms with Crippen molar-refractivity contribution >= 4 is 17.1 Å². The van der Waals surface area contributed by atoms with Crippen LogP contribution in [-0.2, 0) is 12.8 Å². The molecule has 0 radical (unpaired) electrons. The van der Waals surface area contributed by atoms with E-state index < -0.39 is 16.4 Å². The van der Waals surface area contributed by atoms with E-state index in [-0.39, 0.29) is 5.69 Å². The molecule has 0 atom stereocenters. The Bertz CT molecular complexity index is 686. The van der Waals surface area contributed by atoms with Gasteiger partial charge in [-0.3, -0.25) is 10.1 Å². The minimum Gasteiger partial charge on any atom is -0.350 e. The molecule has 0 saturated heterocycles. The molecule has 2 aromatic rings. The first kappa shape index (κ1) is 12.6. The Kier molecular flexibility index (Phi) is 3.10. The van der Waals surface area contributed by atoms with E-state index in [1.54, 1.807) is 0 Å². The fourth-order valence-electron chi connectivity index (χ4n) is 2.61. The number of nitro benzene ring substituents is 1. The minimum absolute atomic E-state index is 0.174. The largest absolute Gasteiger partial charge is 0.350 e. The summed E-state index contributed by atoms with van der Waals surface area (Å²) >= 11 is 0. The van der Waals surface area contributed by atoms with Gasteiger partial charge in [-0.05, 0) is 54.7 Å². The van der Waals surface area contributed by atoms with Crippen LogP contribution in [0.25, 0.3) is 0 Å². The number of nitrogens with zero attached hydrogens (tertiary/aromatic N) is 1. The second kappa shape index (κ2) is 4.92. The van der Waals surface area contributed by atoms with Crippen LogP contribution in [0.15, 0.2) is 36.4 Å². The van der Waals surface area contributed by atoms with Crippen molar-refractivity contribution in [2.45, 2.75) is 19.3 Å². The van der Waals surface area contributed by atoms with Crippen LogP contribution in [0.2, 0.25) is 0 Å². The zero-order chi connectivity index (χ0) is 14.1. The number of nitrogens with one attached hydrogen (secondary N) is 1. The molecular formula is C15H13FN2O2. The Morgan fingerprint density at radius 2 is 1.95 bits per heavy atom. The molecule has 1 aliphatic carbocycles. The summed E-state index contributed by atoms with van der Waals surface area (Å²) < 4.78 is 13.5. The number of anilines is 2. The zero-order valence-corrected chi connectivity index (χ0v) is 10.7. The van der Waals surface area contributed by atoms with E-state index in [4.69, 9.17) is 0 Å². The Hall–Kier alpha value is -2.43. The molecule has 0 aliphatic heterocycles. The lowest BCUT2D eigenvalue weighted by Gasteiger charge is -2.09. The van der Waals surface area contributed by atoms with Crippen LogP contribution < -0.4 is 5.32 Å². The third kappa shape index (κ3) is 2.22. The smallest absolute Gasteiger partial charge is 0.327 e. The normalized spacial score (nSPS) is 13.1. The van der Waals surface area contributed by atoms with Crippen LogP contribution in [0.5, 0.6) is 0 Å². The van der Waals surface area contributed by atoms with Gasteiger partial charge in [-0.2, -0.15) is 4.39 Å².